The summed E-state index contributed by atoms with van der Waals surface area (Å²) >= 11 is 0. The SMILES string of the molecule is [NH3+]CCC[NH2+]CCOc1ccc(-c2ccccc2)cc1. The summed E-state index contributed by atoms with van der Waals surface area (Å²) in [6.45, 7) is 3.90. The highest BCUT2D eigenvalue weighted by molar-refractivity contribution is 5.63. The number of benzene rings is 2. The number of hydrogen-bond acceptors (Lipinski definition) is 1. The van der Waals surface area contributed by atoms with Crippen molar-refractivity contribution in [2.24, 2.45) is 0 Å². The summed E-state index contributed by atoms with van der Waals surface area (Å²) < 4.78 is 5.73. The lowest BCUT2D eigenvalue weighted by molar-refractivity contribution is -0.657. The molecule has 0 aromatic heterocycles. The summed E-state index contributed by atoms with van der Waals surface area (Å²) in [6, 6.07) is 18.7. The van der Waals surface area contributed by atoms with Gasteiger partial charge in [0.05, 0.1) is 13.1 Å². The van der Waals surface area contributed by atoms with Gasteiger partial charge in [0.15, 0.2) is 0 Å². The van der Waals surface area contributed by atoms with Crippen LogP contribution in [0.3, 0.4) is 0 Å². The molecule has 3 heteroatoms. The Morgan fingerprint density at radius 2 is 1.55 bits per heavy atom. The van der Waals surface area contributed by atoms with Crippen molar-refractivity contribution < 1.29 is 15.8 Å². The fraction of sp³-hybridized carbons (Fsp3) is 0.294. The first-order chi connectivity index (χ1) is 9.90. The van der Waals surface area contributed by atoms with Gasteiger partial charge in [-0.25, -0.2) is 0 Å². The van der Waals surface area contributed by atoms with E-state index in [1.165, 1.54) is 17.5 Å². The van der Waals surface area contributed by atoms with Crippen LogP contribution in [0.1, 0.15) is 6.42 Å². The molecule has 0 saturated carbocycles. The summed E-state index contributed by atoms with van der Waals surface area (Å²) in [4.78, 5) is 0. The van der Waals surface area contributed by atoms with E-state index in [-0.39, 0.29) is 0 Å². The fourth-order valence-electron chi connectivity index (χ4n) is 2.07. The van der Waals surface area contributed by atoms with E-state index in [1.54, 1.807) is 0 Å². The van der Waals surface area contributed by atoms with Crippen LogP contribution >= 0.6 is 0 Å². The highest BCUT2D eigenvalue weighted by Crippen LogP contribution is 2.21. The first-order valence-electron chi connectivity index (χ1n) is 7.29. The second-order valence-electron chi connectivity index (χ2n) is 4.81. The van der Waals surface area contributed by atoms with Crippen LogP contribution < -0.4 is 15.8 Å². The number of hydrogen-bond donors (Lipinski definition) is 2. The molecule has 0 unspecified atom stereocenters. The molecule has 0 aliphatic carbocycles. The van der Waals surface area contributed by atoms with Gasteiger partial charge >= 0.3 is 0 Å². The van der Waals surface area contributed by atoms with Gasteiger partial charge < -0.3 is 15.8 Å². The highest BCUT2D eigenvalue weighted by atomic mass is 16.5. The minimum Gasteiger partial charge on any atom is -0.488 e. The summed E-state index contributed by atoms with van der Waals surface area (Å²) in [5.41, 5.74) is 6.29. The van der Waals surface area contributed by atoms with Crippen LogP contribution in [0.2, 0.25) is 0 Å². The summed E-state index contributed by atoms with van der Waals surface area (Å²) in [5.74, 6) is 0.940. The molecule has 0 bridgehead atoms. The number of quaternary nitrogens is 2. The standard InChI is InChI=1S/C17H22N2O/c18-11-4-12-19-13-14-20-17-9-7-16(8-10-17)15-5-2-1-3-6-15/h1-3,5-10,19H,4,11-14,18H2/p+2. The van der Waals surface area contributed by atoms with Crippen molar-refractivity contribution in [3.8, 4) is 16.9 Å². The molecule has 0 aliphatic rings. The molecule has 0 fully saturated rings. The van der Waals surface area contributed by atoms with E-state index in [4.69, 9.17) is 4.74 Å². The summed E-state index contributed by atoms with van der Waals surface area (Å²) in [6.07, 6.45) is 1.17. The van der Waals surface area contributed by atoms with Gasteiger partial charge in [-0.2, -0.15) is 0 Å². The molecule has 20 heavy (non-hydrogen) atoms. The summed E-state index contributed by atoms with van der Waals surface area (Å²) in [5, 5.41) is 2.28. The van der Waals surface area contributed by atoms with Crippen LogP contribution in [0, 0.1) is 0 Å². The predicted molar refractivity (Wildman–Crippen MR) is 81.4 cm³/mol. The highest BCUT2D eigenvalue weighted by Gasteiger charge is 1.98. The van der Waals surface area contributed by atoms with E-state index in [0.29, 0.717) is 0 Å². The Hall–Kier alpha value is -1.84. The number of ether oxygens (including phenoxy) is 1. The molecule has 3 nitrogen and oxygen atoms in total. The Labute approximate surface area is 120 Å². The smallest absolute Gasteiger partial charge is 0.137 e. The molecule has 5 N–H and O–H groups in total. The molecular formula is C17H24N2O+2. The number of rotatable bonds is 8. The maximum absolute atomic E-state index is 5.73. The van der Waals surface area contributed by atoms with Gasteiger partial charge in [-0.1, -0.05) is 42.5 Å². The zero-order valence-corrected chi connectivity index (χ0v) is 11.9. The van der Waals surface area contributed by atoms with Gasteiger partial charge in [-0.3, -0.25) is 0 Å². The molecule has 0 aliphatic heterocycles. The zero-order valence-electron chi connectivity index (χ0n) is 11.9. The molecule has 0 spiro atoms. The van der Waals surface area contributed by atoms with E-state index in [0.717, 1.165) is 32.0 Å². The lowest BCUT2D eigenvalue weighted by Gasteiger charge is -2.07. The second kappa shape index (κ2) is 8.35. The first kappa shape index (κ1) is 14.6. The van der Waals surface area contributed by atoms with E-state index in [2.05, 4.69) is 47.4 Å². The zero-order chi connectivity index (χ0) is 14.0. The van der Waals surface area contributed by atoms with Crippen molar-refractivity contribution in [2.75, 3.05) is 26.2 Å². The van der Waals surface area contributed by atoms with Crippen molar-refractivity contribution in [1.29, 1.82) is 0 Å². The third-order valence-corrected chi connectivity index (χ3v) is 3.21. The molecule has 106 valence electrons. The normalized spacial score (nSPS) is 10.4. The average molecular weight is 272 g/mol. The molecule has 0 atom stereocenters. The molecule has 0 heterocycles. The van der Waals surface area contributed by atoms with E-state index >= 15 is 0 Å². The van der Waals surface area contributed by atoms with Crippen molar-refractivity contribution >= 4 is 0 Å². The predicted octanol–water partition coefficient (Wildman–Crippen LogP) is 0.928. The second-order valence-corrected chi connectivity index (χ2v) is 4.81. The molecule has 0 amide bonds. The molecule has 2 aromatic carbocycles. The molecular weight excluding hydrogens is 248 g/mol. The van der Waals surface area contributed by atoms with Crippen LogP contribution in [-0.4, -0.2) is 26.2 Å². The Kier molecular flexibility index (Phi) is 6.08. The Morgan fingerprint density at radius 1 is 0.850 bits per heavy atom. The maximum atomic E-state index is 5.73. The fourth-order valence-corrected chi connectivity index (χ4v) is 2.07. The van der Waals surface area contributed by atoms with Crippen LogP contribution in [0.15, 0.2) is 54.6 Å². The van der Waals surface area contributed by atoms with Gasteiger partial charge in [-0.05, 0) is 23.3 Å². The maximum Gasteiger partial charge on any atom is 0.137 e. The molecule has 0 radical (unpaired) electrons. The lowest BCUT2D eigenvalue weighted by Crippen LogP contribution is -2.85. The van der Waals surface area contributed by atoms with E-state index in [1.807, 2.05) is 18.2 Å². The average Bonchev–Trinajstić information content (AvgIpc) is 2.52. The third-order valence-electron chi connectivity index (χ3n) is 3.21. The van der Waals surface area contributed by atoms with E-state index in [9.17, 15) is 0 Å². The van der Waals surface area contributed by atoms with Crippen molar-refractivity contribution in [2.45, 2.75) is 6.42 Å². The van der Waals surface area contributed by atoms with Crippen LogP contribution in [0.5, 0.6) is 5.75 Å². The van der Waals surface area contributed by atoms with Crippen molar-refractivity contribution in [3.05, 3.63) is 54.6 Å². The van der Waals surface area contributed by atoms with Gasteiger partial charge in [0, 0.05) is 6.42 Å². The van der Waals surface area contributed by atoms with Gasteiger partial charge in [0.2, 0.25) is 0 Å². The van der Waals surface area contributed by atoms with E-state index < -0.39 is 0 Å². The number of nitrogens with two attached hydrogens (primary N) is 1. The Balaban J connectivity index is 1.77. The van der Waals surface area contributed by atoms with Gasteiger partial charge in [-0.15, -0.1) is 0 Å². The Bertz CT molecular complexity index is 482. The molecule has 0 saturated heterocycles. The third kappa shape index (κ3) is 4.68. The monoisotopic (exact) mass is 272 g/mol. The van der Waals surface area contributed by atoms with Crippen LogP contribution in [0.25, 0.3) is 11.1 Å². The lowest BCUT2D eigenvalue weighted by atomic mass is 10.1. The van der Waals surface area contributed by atoms with Crippen LogP contribution in [-0.2, 0) is 0 Å². The van der Waals surface area contributed by atoms with Crippen molar-refractivity contribution in [1.82, 2.24) is 0 Å². The Morgan fingerprint density at radius 3 is 2.25 bits per heavy atom. The first-order valence-corrected chi connectivity index (χ1v) is 7.29. The largest absolute Gasteiger partial charge is 0.488 e. The van der Waals surface area contributed by atoms with Gasteiger partial charge in [0.1, 0.15) is 18.9 Å². The summed E-state index contributed by atoms with van der Waals surface area (Å²) in [7, 11) is 0. The molecule has 2 aromatic rings. The molecule has 2 rings (SSSR count). The van der Waals surface area contributed by atoms with Crippen LogP contribution in [0.4, 0.5) is 0 Å². The topological polar surface area (TPSA) is 53.5 Å². The minimum absolute atomic E-state index is 0.752. The van der Waals surface area contributed by atoms with Gasteiger partial charge in [0.25, 0.3) is 0 Å². The quantitative estimate of drug-likeness (QED) is 0.690. The van der Waals surface area contributed by atoms with Crippen molar-refractivity contribution in [3.63, 3.8) is 0 Å². The minimum atomic E-state index is 0.752.